The Morgan fingerprint density at radius 3 is 2.83 bits per heavy atom. The first-order chi connectivity index (χ1) is 11.6. The van der Waals surface area contributed by atoms with Crippen LogP contribution in [0.5, 0.6) is 0 Å². The average molecular weight is 352 g/mol. The van der Waals surface area contributed by atoms with Crippen molar-refractivity contribution in [3.8, 4) is 0 Å². The molecule has 1 aromatic heterocycles. The molecule has 2 atom stereocenters. The first kappa shape index (κ1) is 17.4. The lowest BCUT2D eigenvalue weighted by Gasteiger charge is -2.38. The summed E-state index contributed by atoms with van der Waals surface area (Å²) in [5.74, 6) is -0.0789. The summed E-state index contributed by atoms with van der Waals surface area (Å²) in [5.41, 5.74) is 0. The van der Waals surface area contributed by atoms with Crippen LogP contribution in [-0.2, 0) is 19.1 Å². The topological polar surface area (TPSA) is 67.9 Å². The molecule has 2 aliphatic heterocycles. The van der Waals surface area contributed by atoms with Gasteiger partial charge in [0.25, 0.3) is 0 Å². The molecule has 24 heavy (non-hydrogen) atoms. The zero-order chi connectivity index (χ0) is 16.9. The number of amides is 2. The van der Waals surface area contributed by atoms with Gasteiger partial charge in [0.05, 0.1) is 31.7 Å². The second kappa shape index (κ2) is 8.09. The van der Waals surface area contributed by atoms with Crippen LogP contribution in [0.1, 0.15) is 43.5 Å². The van der Waals surface area contributed by atoms with Crippen LogP contribution >= 0.6 is 11.3 Å². The van der Waals surface area contributed by atoms with Gasteiger partial charge in [-0.2, -0.15) is 0 Å². The quantitative estimate of drug-likeness (QED) is 0.881. The minimum absolute atomic E-state index is 0.0185. The van der Waals surface area contributed by atoms with E-state index in [4.69, 9.17) is 9.47 Å². The van der Waals surface area contributed by atoms with Gasteiger partial charge < -0.3 is 19.7 Å². The molecule has 2 amide bonds. The zero-order valence-corrected chi connectivity index (χ0v) is 14.7. The van der Waals surface area contributed by atoms with E-state index in [-0.39, 0.29) is 36.6 Å². The predicted octanol–water partition coefficient (Wildman–Crippen LogP) is 2.07. The number of hydrogen-bond donors (Lipinski definition) is 1. The predicted molar refractivity (Wildman–Crippen MR) is 90.5 cm³/mol. The largest absolute Gasteiger partial charge is 0.348 e. The fourth-order valence-electron chi connectivity index (χ4n) is 3.40. The van der Waals surface area contributed by atoms with Crippen molar-refractivity contribution in [2.24, 2.45) is 0 Å². The van der Waals surface area contributed by atoms with Crippen molar-refractivity contribution in [3.05, 3.63) is 22.4 Å². The van der Waals surface area contributed by atoms with E-state index in [9.17, 15) is 9.59 Å². The van der Waals surface area contributed by atoms with Crippen LogP contribution in [0.4, 0.5) is 0 Å². The van der Waals surface area contributed by atoms with E-state index in [1.807, 2.05) is 22.4 Å². The van der Waals surface area contributed by atoms with Gasteiger partial charge in [-0.3, -0.25) is 9.59 Å². The van der Waals surface area contributed by atoms with Gasteiger partial charge in [-0.05, 0) is 30.7 Å². The van der Waals surface area contributed by atoms with Gasteiger partial charge in [-0.15, -0.1) is 11.3 Å². The van der Waals surface area contributed by atoms with Crippen LogP contribution < -0.4 is 5.32 Å². The molecular formula is C17H24N2O4S. The Morgan fingerprint density at radius 2 is 2.17 bits per heavy atom. The molecule has 2 saturated heterocycles. The number of carbonyl (C=O) groups excluding carboxylic acids is 2. The van der Waals surface area contributed by atoms with Gasteiger partial charge in [0.15, 0.2) is 6.29 Å². The second-order valence-electron chi connectivity index (χ2n) is 6.23. The summed E-state index contributed by atoms with van der Waals surface area (Å²) >= 11 is 1.55. The number of rotatable bonds is 5. The molecule has 0 radical (unpaired) electrons. The maximum atomic E-state index is 12.9. The highest BCUT2D eigenvalue weighted by molar-refractivity contribution is 7.10. The highest BCUT2D eigenvalue weighted by Crippen LogP contribution is 2.28. The van der Waals surface area contributed by atoms with E-state index < -0.39 is 0 Å². The third-order valence-corrected chi connectivity index (χ3v) is 5.46. The molecule has 7 heteroatoms. The Morgan fingerprint density at radius 1 is 1.38 bits per heavy atom. The summed E-state index contributed by atoms with van der Waals surface area (Å²) in [5, 5.41) is 4.86. The molecule has 2 aliphatic rings. The molecule has 0 aromatic carbocycles. The molecule has 3 rings (SSSR count). The number of nitrogens with one attached hydrogen (secondary N) is 1. The Kier molecular flexibility index (Phi) is 5.86. The molecule has 2 fully saturated rings. The Bertz CT molecular complexity index is 557. The van der Waals surface area contributed by atoms with Gasteiger partial charge in [-0.1, -0.05) is 6.07 Å². The molecule has 3 heterocycles. The molecule has 1 N–H and O–H groups in total. The van der Waals surface area contributed by atoms with Crippen LogP contribution in [0.2, 0.25) is 0 Å². The Hall–Kier alpha value is -1.44. The summed E-state index contributed by atoms with van der Waals surface area (Å²) in [6.45, 7) is 3.39. The maximum Gasteiger partial charge on any atom is 0.225 e. The highest BCUT2D eigenvalue weighted by atomic mass is 32.1. The van der Waals surface area contributed by atoms with Crippen molar-refractivity contribution in [1.82, 2.24) is 10.2 Å². The fraction of sp³-hybridized carbons (Fsp3) is 0.647. The third-order valence-electron chi connectivity index (χ3n) is 4.47. The first-order valence-electron chi connectivity index (χ1n) is 8.48. The summed E-state index contributed by atoms with van der Waals surface area (Å²) in [6, 6.07) is 3.59. The SMILES string of the molecule is CC(=O)N[C@H](CC(=O)N1CCCC[C@@H]1C1OCCO1)c1cccs1. The zero-order valence-electron chi connectivity index (χ0n) is 13.9. The monoisotopic (exact) mass is 352 g/mol. The lowest BCUT2D eigenvalue weighted by molar-refractivity contribution is -0.151. The molecule has 0 spiro atoms. The highest BCUT2D eigenvalue weighted by Gasteiger charge is 2.36. The number of thiophene rings is 1. The number of carbonyl (C=O) groups is 2. The standard InChI is InChI=1S/C17H24N2O4S/c1-12(20)18-13(15-6-4-10-24-15)11-16(21)19-7-3-2-5-14(19)17-22-8-9-23-17/h4,6,10,13-14,17H,2-3,5,7-9,11H2,1H3,(H,18,20)/t13-,14-/m1/s1. The van der Waals surface area contributed by atoms with E-state index in [0.717, 1.165) is 30.7 Å². The molecular weight excluding hydrogens is 328 g/mol. The summed E-state index contributed by atoms with van der Waals surface area (Å²) in [4.78, 5) is 27.3. The van der Waals surface area contributed by atoms with Crippen molar-refractivity contribution >= 4 is 23.2 Å². The summed E-state index contributed by atoms with van der Waals surface area (Å²) in [7, 11) is 0. The molecule has 132 valence electrons. The third kappa shape index (κ3) is 4.15. The lowest BCUT2D eigenvalue weighted by Crippen LogP contribution is -2.50. The van der Waals surface area contributed by atoms with Crippen LogP contribution in [0, 0.1) is 0 Å². The van der Waals surface area contributed by atoms with Crippen LogP contribution in [-0.4, -0.2) is 48.8 Å². The molecule has 0 bridgehead atoms. The van der Waals surface area contributed by atoms with Crippen LogP contribution in [0.25, 0.3) is 0 Å². The number of piperidine rings is 1. The minimum Gasteiger partial charge on any atom is -0.348 e. The summed E-state index contributed by atoms with van der Waals surface area (Å²) < 4.78 is 11.3. The van der Waals surface area contributed by atoms with E-state index in [1.54, 1.807) is 11.3 Å². The lowest BCUT2D eigenvalue weighted by atomic mass is 10.00. The fourth-order valence-corrected chi connectivity index (χ4v) is 4.18. The van der Waals surface area contributed by atoms with Crippen molar-refractivity contribution in [1.29, 1.82) is 0 Å². The van der Waals surface area contributed by atoms with Crippen LogP contribution in [0.15, 0.2) is 17.5 Å². The van der Waals surface area contributed by atoms with Crippen molar-refractivity contribution in [2.75, 3.05) is 19.8 Å². The molecule has 1 aromatic rings. The number of nitrogens with zero attached hydrogens (tertiary/aromatic N) is 1. The normalized spacial score (nSPS) is 23.2. The number of ether oxygens (including phenoxy) is 2. The molecule has 0 aliphatic carbocycles. The van der Waals surface area contributed by atoms with Crippen molar-refractivity contribution in [2.45, 2.75) is 51.0 Å². The van der Waals surface area contributed by atoms with Gasteiger partial charge in [0, 0.05) is 18.3 Å². The molecule has 0 saturated carbocycles. The van der Waals surface area contributed by atoms with Gasteiger partial charge in [0.2, 0.25) is 11.8 Å². The summed E-state index contributed by atoms with van der Waals surface area (Å²) in [6.07, 6.45) is 2.94. The van der Waals surface area contributed by atoms with Gasteiger partial charge in [0.1, 0.15) is 0 Å². The van der Waals surface area contributed by atoms with Gasteiger partial charge >= 0.3 is 0 Å². The average Bonchev–Trinajstić information content (AvgIpc) is 3.27. The Labute approximate surface area is 146 Å². The second-order valence-corrected chi connectivity index (χ2v) is 7.21. The Balaban J connectivity index is 1.69. The molecule has 6 nitrogen and oxygen atoms in total. The molecule has 0 unspecified atom stereocenters. The van der Waals surface area contributed by atoms with E-state index in [1.165, 1.54) is 6.92 Å². The van der Waals surface area contributed by atoms with Crippen LogP contribution in [0.3, 0.4) is 0 Å². The van der Waals surface area contributed by atoms with E-state index in [0.29, 0.717) is 13.2 Å². The smallest absolute Gasteiger partial charge is 0.225 e. The number of hydrogen-bond acceptors (Lipinski definition) is 5. The number of likely N-dealkylation sites (tertiary alicyclic amines) is 1. The maximum absolute atomic E-state index is 12.9. The van der Waals surface area contributed by atoms with E-state index in [2.05, 4.69) is 5.32 Å². The first-order valence-corrected chi connectivity index (χ1v) is 9.36. The van der Waals surface area contributed by atoms with Crippen molar-refractivity contribution in [3.63, 3.8) is 0 Å². The van der Waals surface area contributed by atoms with Gasteiger partial charge in [-0.25, -0.2) is 0 Å². The van der Waals surface area contributed by atoms with E-state index >= 15 is 0 Å². The van der Waals surface area contributed by atoms with Crippen molar-refractivity contribution < 1.29 is 19.1 Å². The minimum atomic E-state index is -0.310.